The third-order valence-corrected chi connectivity index (χ3v) is 1.65. The van der Waals surface area contributed by atoms with Gasteiger partial charge in [-0.05, 0) is 6.92 Å². The van der Waals surface area contributed by atoms with E-state index in [0.717, 1.165) is 0 Å². The Morgan fingerprint density at radius 1 is 1.43 bits per heavy atom. The minimum absolute atomic E-state index is 0.121. The number of carbonyl (C=O) groups is 2. The highest BCUT2D eigenvalue weighted by molar-refractivity contribution is 6.30. The molecule has 0 aromatic heterocycles. The summed E-state index contributed by atoms with van der Waals surface area (Å²) in [5, 5.41) is 7.15. The van der Waals surface area contributed by atoms with Gasteiger partial charge in [0.05, 0.1) is 13.0 Å². The molecular formula is C8H13ClO5. The number of hydrogen-bond donors (Lipinski definition) is 1. The maximum absolute atomic E-state index is 10.9. The fourth-order valence-corrected chi connectivity index (χ4v) is 0.777. The van der Waals surface area contributed by atoms with E-state index in [1.165, 1.54) is 0 Å². The molecule has 82 valence electrons. The number of ether oxygens (including phenoxy) is 2. The molecular weight excluding hydrogens is 212 g/mol. The smallest absolute Gasteiger partial charge is 0.322 e. The number of alkyl halides is 1. The Labute approximate surface area is 86.9 Å². The molecule has 5 nitrogen and oxygen atoms in total. The molecule has 1 atom stereocenters. The van der Waals surface area contributed by atoms with Crippen molar-refractivity contribution in [1.29, 1.82) is 0 Å². The van der Waals surface area contributed by atoms with Crippen LogP contribution in [0, 0.1) is 0 Å². The number of hydrogen-bond acceptors (Lipinski definition) is 4. The summed E-state index contributed by atoms with van der Waals surface area (Å²) >= 11 is 5.32. The van der Waals surface area contributed by atoms with Crippen molar-refractivity contribution < 1.29 is 24.2 Å². The Morgan fingerprint density at radius 3 is 2.57 bits per heavy atom. The van der Waals surface area contributed by atoms with Gasteiger partial charge in [-0.1, -0.05) is 0 Å². The molecule has 1 N–H and O–H groups in total. The lowest BCUT2D eigenvalue weighted by Gasteiger charge is -2.05. The van der Waals surface area contributed by atoms with Gasteiger partial charge in [0, 0.05) is 6.61 Å². The lowest BCUT2D eigenvalue weighted by atomic mass is 10.3. The number of halogens is 1. The highest BCUT2D eigenvalue weighted by Gasteiger charge is 2.18. The highest BCUT2D eigenvalue weighted by atomic mass is 35.5. The van der Waals surface area contributed by atoms with Crippen LogP contribution in [0.3, 0.4) is 0 Å². The average Bonchev–Trinajstić information content (AvgIpc) is 2.12. The Kier molecular flexibility index (Phi) is 7.14. The zero-order chi connectivity index (χ0) is 11.0. The number of rotatable bonds is 7. The van der Waals surface area contributed by atoms with E-state index >= 15 is 0 Å². The van der Waals surface area contributed by atoms with E-state index in [9.17, 15) is 9.59 Å². The second kappa shape index (κ2) is 7.58. The summed E-state index contributed by atoms with van der Waals surface area (Å²) in [5.41, 5.74) is 0. The van der Waals surface area contributed by atoms with Crippen LogP contribution in [-0.2, 0) is 19.1 Å². The molecule has 6 heteroatoms. The monoisotopic (exact) mass is 224 g/mol. The van der Waals surface area contributed by atoms with Crippen LogP contribution in [0.15, 0.2) is 0 Å². The summed E-state index contributed by atoms with van der Waals surface area (Å²) in [6, 6.07) is 0. The van der Waals surface area contributed by atoms with Crippen molar-refractivity contribution in [2.24, 2.45) is 0 Å². The molecule has 0 spiro atoms. The molecule has 0 aliphatic rings. The molecule has 0 amide bonds. The summed E-state index contributed by atoms with van der Waals surface area (Å²) in [4.78, 5) is 21.1. The maximum atomic E-state index is 10.9. The van der Waals surface area contributed by atoms with Crippen LogP contribution in [0.4, 0.5) is 0 Å². The predicted molar refractivity (Wildman–Crippen MR) is 49.3 cm³/mol. The largest absolute Gasteiger partial charge is 0.480 e. The van der Waals surface area contributed by atoms with Crippen LogP contribution >= 0.6 is 11.6 Å². The first-order valence-corrected chi connectivity index (χ1v) is 4.61. The number of aliphatic carboxylic acids is 1. The lowest BCUT2D eigenvalue weighted by Crippen LogP contribution is -2.20. The number of carbonyl (C=O) groups excluding carboxylic acids is 1. The Bertz CT molecular complexity index is 194. The Balaban J connectivity index is 3.50. The fraction of sp³-hybridized carbons (Fsp3) is 0.750. The first-order valence-electron chi connectivity index (χ1n) is 4.18. The summed E-state index contributed by atoms with van der Waals surface area (Å²) in [6.07, 6.45) is -0.330. The quantitative estimate of drug-likeness (QED) is 0.391. The van der Waals surface area contributed by atoms with E-state index < -0.39 is 17.3 Å². The topological polar surface area (TPSA) is 72.8 Å². The minimum Gasteiger partial charge on any atom is -0.480 e. The summed E-state index contributed by atoms with van der Waals surface area (Å²) in [6.45, 7) is 2.80. The molecule has 0 aliphatic carbocycles. The van der Waals surface area contributed by atoms with E-state index in [1.807, 2.05) is 6.92 Å². The van der Waals surface area contributed by atoms with Crippen LogP contribution in [0.5, 0.6) is 0 Å². The van der Waals surface area contributed by atoms with Crippen LogP contribution in [0.25, 0.3) is 0 Å². The molecule has 0 saturated carbocycles. The number of carboxylic acids is 1. The van der Waals surface area contributed by atoms with Crippen molar-refractivity contribution in [2.75, 3.05) is 19.8 Å². The summed E-state index contributed by atoms with van der Waals surface area (Å²) in [7, 11) is 0. The standard InChI is InChI=1S/C8H13ClO5/c1-2-13-3-4-14-7(10)5-6(9)8(11)12/h6H,2-5H2,1H3,(H,11,12). The van der Waals surface area contributed by atoms with Crippen molar-refractivity contribution in [2.45, 2.75) is 18.7 Å². The number of carboxylic acid groups (broad SMARTS) is 1. The van der Waals surface area contributed by atoms with Crippen LogP contribution in [0.2, 0.25) is 0 Å². The van der Waals surface area contributed by atoms with Gasteiger partial charge >= 0.3 is 11.9 Å². The van der Waals surface area contributed by atoms with Gasteiger partial charge in [0.15, 0.2) is 0 Å². The van der Waals surface area contributed by atoms with Crippen molar-refractivity contribution in [3.05, 3.63) is 0 Å². The second-order valence-electron chi connectivity index (χ2n) is 2.43. The molecule has 14 heavy (non-hydrogen) atoms. The summed E-state index contributed by atoms with van der Waals surface area (Å²) in [5.74, 6) is -1.86. The first kappa shape index (κ1) is 13.2. The van der Waals surface area contributed by atoms with Crippen LogP contribution < -0.4 is 0 Å². The van der Waals surface area contributed by atoms with Crippen LogP contribution in [-0.4, -0.2) is 42.2 Å². The SMILES string of the molecule is CCOCCOC(=O)CC(Cl)C(=O)O. The van der Waals surface area contributed by atoms with E-state index in [4.69, 9.17) is 21.4 Å². The van der Waals surface area contributed by atoms with Gasteiger partial charge in [0.2, 0.25) is 0 Å². The van der Waals surface area contributed by atoms with Crippen molar-refractivity contribution in [1.82, 2.24) is 0 Å². The molecule has 0 aromatic carbocycles. The van der Waals surface area contributed by atoms with Gasteiger partial charge < -0.3 is 14.6 Å². The Hall–Kier alpha value is -0.810. The third-order valence-electron chi connectivity index (χ3n) is 1.31. The minimum atomic E-state index is -1.23. The average molecular weight is 225 g/mol. The van der Waals surface area contributed by atoms with Crippen LogP contribution in [0.1, 0.15) is 13.3 Å². The van der Waals surface area contributed by atoms with Gasteiger partial charge in [-0.15, -0.1) is 11.6 Å². The van der Waals surface area contributed by atoms with E-state index in [1.54, 1.807) is 0 Å². The van der Waals surface area contributed by atoms with Crippen molar-refractivity contribution in [3.8, 4) is 0 Å². The van der Waals surface area contributed by atoms with Gasteiger partial charge in [-0.3, -0.25) is 9.59 Å². The predicted octanol–water partition coefficient (Wildman–Crippen LogP) is 0.648. The molecule has 1 unspecified atom stereocenters. The second-order valence-corrected chi connectivity index (χ2v) is 2.95. The molecule has 0 aliphatic heterocycles. The van der Waals surface area contributed by atoms with E-state index in [-0.39, 0.29) is 13.0 Å². The van der Waals surface area contributed by atoms with E-state index in [2.05, 4.69) is 4.74 Å². The molecule has 0 bridgehead atoms. The van der Waals surface area contributed by atoms with Crippen molar-refractivity contribution >= 4 is 23.5 Å². The normalized spacial score (nSPS) is 12.1. The van der Waals surface area contributed by atoms with Gasteiger partial charge in [-0.2, -0.15) is 0 Å². The maximum Gasteiger partial charge on any atom is 0.322 e. The van der Waals surface area contributed by atoms with Gasteiger partial charge in [-0.25, -0.2) is 0 Å². The molecule has 0 heterocycles. The van der Waals surface area contributed by atoms with Gasteiger partial charge in [0.1, 0.15) is 12.0 Å². The third kappa shape index (κ3) is 6.68. The Morgan fingerprint density at radius 2 is 2.07 bits per heavy atom. The highest BCUT2D eigenvalue weighted by Crippen LogP contribution is 2.03. The van der Waals surface area contributed by atoms with Crippen molar-refractivity contribution in [3.63, 3.8) is 0 Å². The van der Waals surface area contributed by atoms with E-state index in [0.29, 0.717) is 13.2 Å². The zero-order valence-electron chi connectivity index (χ0n) is 7.86. The lowest BCUT2D eigenvalue weighted by molar-refractivity contribution is -0.148. The molecule has 0 aromatic rings. The molecule has 0 radical (unpaired) electrons. The molecule has 0 saturated heterocycles. The fourth-order valence-electron chi connectivity index (χ4n) is 0.651. The summed E-state index contributed by atoms with van der Waals surface area (Å²) < 4.78 is 9.56. The first-order chi connectivity index (χ1) is 6.57. The van der Waals surface area contributed by atoms with Gasteiger partial charge in [0.25, 0.3) is 0 Å². The molecule has 0 rings (SSSR count). The molecule has 0 fully saturated rings. The zero-order valence-corrected chi connectivity index (χ0v) is 8.62. The number of esters is 1.